The summed E-state index contributed by atoms with van der Waals surface area (Å²) in [7, 11) is 1.38. The van der Waals surface area contributed by atoms with Gasteiger partial charge >= 0.3 is 5.97 Å². The molecule has 1 rings (SSSR count). The number of carbonyl (C=O) groups excluding carboxylic acids is 1. The predicted molar refractivity (Wildman–Crippen MR) is 75.2 cm³/mol. The summed E-state index contributed by atoms with van der Waals surface area (Å²) >= 11 is 0. The minimum absolute atomic E-state index is 0.0444. The molecule has 21 heavy (non-hydrogen) atoms. The van der Waals surface area contributed by atoms with E-state index in [0.717, 1.165) is 0 Å². The Bertz CT molecular complexity index is 524. The minimum atomic E-state index is -1.17. The van der Waals surface area contributed by atoms with Crippen molar-refractivity contribution in [3.63, 3.8) is 0 Å². The molecule has 0 radical (unpaired) electrons. The third kappa shape index (κ3) is 4.89. The molecular formula is C15H18N2O4. The van der Waals surface area contributed by atoms with E-state index in [-0.39, 0.29) is 6.42 Å². The summed E-state index contributed by atoms with van der Waals surface area (Å²) in [5, 5.41) is 20.3. The first-order valence-corrected chi connectivity index (χ1v) is 6.50. The Balaban J connectivity index is 2.80. The van der Waals surface area contributed by atoms with E-state index >= 15 is 0 Å². The summed E-state index contributed by atoms with van der Waals surface area (Å²) < 4.78 is 5.14. The molecule has 0 aliphatic rings. The van der Waals surface area contributed by atoms with Crippen LogP contribution in [0.3, 0.4) is 0 Å². The zero-order valence-electron chi connectivity index (χ0n) is 11.9. The van der Waals surface area contributed by atoms with E-state index in [1.807, 2.05) is 12.1 Å². The van der Waals surface area contributed by atoms with Crippen molar-refractivity contribution in [1.29, 1.82) is 5.26 Å². The molecule has 1 aromatic rings. The average molecular weight is 290 g/mol. The molecule has 0 spiro atoms. The molecule has 2 N–H and O–H groups in total. The topological polar surface area (TPSA) is 99.4 Å². The largest absolute Gasteiger partial charge is 0.480 e. The van der Waals surface area contributed by atoms with Crippen LogP contribution in [0.5, 0.6) is 0 Å². The Morgan fingerprint density at radius 1 is 1.38 bits per heavy atom. The molecule has 112 valence electrons. The van der Waals surface area contributed by atoms with Crippen molar-refractivity contribution in [2.45, 2.75) is 25.5 Å². The third-order valence-electron chi connectivity index (χ3n) is 3.00. The highest BCUT2D eigenvalue weighted by Crippen LogP contribution is 2.17. The van der Waals surface area contributed by atoms with Crippen LogP contribution in [0, 0.1) is 17.2 Å². The fraction of sp³-hybridized carbons (Fsp3) is 0.400. The van der Waals surface area contributed by atoms with E-state index in [0.29, 0.717) is 5.56 Å². The molecule has 0 saturated carbocycles. The number of ether oxygens (including phenoxy) is 1. The van der Waals surface area contributed by atoms with E-state index in [1.54, 1.807) is 31.2 Å². The summed E-state index contributed by atoms with van der Waals surface area (Å²) in [6.45, 7) is 1.60. The number of carboxylic acid groups (broad SMARTS) is 1. The van der Waals surface area contributed by atoms with Gasteiger partial charge in [-0.1, -0.05) is 30.3 Å². The zero-order chi connectivity index (χ0) is 15.8. The number of nitriles is 1. The maximum absolute atomic E-state index is 12.2. The average Bonchev–Trinajstić information content (AvgIpc) is 2.48. The minimum Gasteiger partial charge on any atom is -0.480 e. The molecule has 0 fully saturated rings. The Hall–Kier alpha value is -2.39. The second kappa shape index (κ2) is 8.02. The van der Waals surface area contributed by atoms with Crippen LogP contribution in [0.25, 0.3) is 0 Å². The zero-order valence-corrected chi connectivity index (χ0v) is 11.9. The predicted octanol–water partition coefficient (Wildman–Crippen LogP) is 1.49. The lowest BCUT2D eigenvalue weighted by molar-refractivity contribution is -0.144. The number of nitrogens with one attached hydrogen (secondary N) is 1. The molecule has 6 heteroatoms. The highest BCUT2D eigenvalue weighted by Gasteiger charge is 2.27. The number of carboxylic acids is 1. The monoisotopic (exact) mass is 290 g/mol. The molecule has 3 atom stereocenters. The standard InChI is InChI=1S/C15H18N2O4/c1-10(9-16)8-12(15(19)20)17-14(18)13(21-2)11-6-4-3-5-7-11/h3-7,10,12-13H,8H2,1-2H3,(H,17,18)(H,19,20)/t10-,12+,13-/m0/s1. The Morgan fingerprint density at radius 2 is 2.00 bits per heavy atom. The summed E-state index contributed by atoms with van der Waals surface area (Å²) in [6, 6.07) is 9.62. The van der Waals surface area contributed by atoms with Gasteiger partial charge in [0, 0.05) is 13.0 Å². The molecule has 0 aromatic heterocycles. The second-order valence-electron chi connectivity index (χ2n) is 4.69. The van der Waals surface area contributed by atoms with Gasteiger partial charge in [-0.2, -0.15) is 5.26 Å². The van der Waals surface area contributed by atoms with Crippen LogP contribution in [-0.2, 0) is 14.3 Å². The Kier molecular flexibility index (Phi) is 6.37. The van der Waals surface area contributed by atoms with E-state index in [9.17, 15) is 9.59 Å². The first kappa shape index (κ1) is 16.7. The number of amides is 1. The number of carbonyl (C=O) groups is 2. The van der Waals surface area contributed by atoms with Crippen molar-refractivity contribution in [1.82, 2.24) is 5.32 Å². The van der Waals surface area contributed by atoms with Gasteiger partial charge in [0.2, 0.25) is 0 Å². The number of methoxy groups -OCH3 is 1. The van der Waals surface area contributed by atoms with E-state index < -0.39 is 29.9 Å². The molecule has 0 heterocycles. The number of hydrogen-bond donors (Lipinski definition) is 2. The van der Waals surface area contributed by atoms with Gasteiger partial charge in [-0.3, -0.25) is 4.79 Å². The molecule has 1 amide bonds. The first-order chi connectivity index (χ1) is 9.99. The summed E-state index contributed by atoms with van der Waals surface area (Å²) in [5.41, 5.74) is 0.634. The third-order valence-corrected chi connectivity index (χ3v) is 3.00. The van der Waals surface area contributed by atoms with E-state index in [1.165, 1.54) is 7.11 Å². The van der Waals surface area contributed by atoms with Gasteiger partial charge in [0.1, 0.15) is 6.04 Å². The van der Waals surface area contributed by atoms with Crippen LogP contribution in [0.2, 0.25) is 0 Å². The fourth-order valence-electron chi connectivity index (χ4n) is 1.90. The van der Waals surface area contributed by atoms with Gasteiger partial charge in [-0.25, -0.2) is 4.79 Å². The Morgan fingerprint density at radius 3 is 2.48 bits per heavy atom. The first-order valence-electron chi connectivity index (χ1n) is 6.50. The maximum atomic E-state index is 12.2. The molecule has 0 saturated heterocycles. The van der Waals surface area contributed by atoms with Crippen LogP contribution in [0.4, 0.5) is 0 Å². The van der Waals surface area contributed by atoms with E-state index in [4.69, 9.17) is 15.1 Å². The number of rotatable bonds is 7. The molecule has 0 unspecified atom stereocenters. The number of hydrogen-bond acceptors (Lipinski definition) is 4. The normalized spacial score (nSPS) is 14.5. The van der Waals surface area contributed by atoms with Crippen molar-refractivity contribution in [2.75, 3.05) is 7.11 Å². The summed E-state index contributed by atoms with van der Waals surface area (Å²) in [6.07, 6.45) is -0.839. The van der Waals surface area contributed by atoms with Crippen LogP contribution >= 0.6 is 0 Å². The van der Waals surface area contributed by atoms with Crippen molar-refractivity contribution >= 4 is 11.9 Å². The lowest BCUT2D eigenvalue weighted by atomic mass is 10.0. The van der Waals surface area contributed by atoms with Crippen molar-refractivity contribution in [2.24, 2.45) is 5.92 Å². The molecule has 1 aromatic carbocycles. The Labute approximate surface area is 123 Å². The maximum Gasteiger partial charge on any atom is 0.326 e. The second-order valence-corrected chi connectivity index (χ2v) is 4.69. The lowest BCUT2D eigenvalue weighted by Crippen LogP contribution is -2.44. The van der Waals surface area contributed by atoms with Gasteiger partial charge in [-0.15, -0.1) is 0 Å². The SMILES string of the molecule is CO[C@H](C(=O)N[C@H](C[C@H](C)C#N)C(=O)O)c1ccccc1. The van der Waals surface area contributed by atoms with Crippen LogP contribution in [-0.4, -0.2) is 30.1 Å². The van der Waals surface area contributed by atoms with Gasteiger partial charge in [-0.05, 0) is 18.9 Å². The van der Waals surface area contributed by atoms with Gasteiger partial charge < -0.3 is 15.2 Å². The summed E-state index contributed by atoms with van der Waals surface area (Å²) in [5.74, 6) is -2.18. The van der Waals surface area contributed by atoms with Gasteiger partial charge in [0.15, 0.2) is 6.10 Å². The quantitative estimate of drug-likeness (QED) is 0.792. The molecule has 0 aliphatic carbocycles. The molecule has 6 nitrogen and oxygen atoms in total. The summed E-state index contributed by atoms with van der Waals surface area (Å²) in [4.78, 5) is 23.3. The van der Waals surface area contributed by atoms with Crippen LogP contribution < -0.4 is 5.32 Å². The van der Waals surface area contributed by atoms with E-state index in [2.05, 4.69) is 5.32 Å². The number of aliphatic carboxylic acids is 1. The highest BCUT2D eigenvalue weighted by atomic mass is 16.5. The van der Waals surface area contributed by atoms with Crippen molar-refractivity contribution in [3.8, 4) is 6.07 Å². The number of nitrogens with zero attached hydrogens (tertiary/aromatic N) is 1. The number of benzene rings is 1. The van der Waals surface area contributed by atoms with Crippen LogP contribution in [0.1, 0.15) is 25.0 Å². The smallest absolute Gasteiger partial charge is 0.326 e. The van der Waals surface area contributed by atoms with Crippen molar-refractivity contribution in [3.05, 3.63) is 35.9 Å². The van der Waals surface area contributed by atoms with Crippen LogP contribution in [0.15, 0.2) is 30.3 Å². The molecule has 0 aliphatic heterocycles. The molecule has 0 bridgehead atoms. The van der Waals surface area contributed by atoms with Gasteiger partial charge in [0.05, 0.1) is 6.07 Å². The lowest BCUT2D eigenvalue weighted by Gasteiger charge is -2.20. The fourth-order valence-corrected chi connectivity index (χ4v) is 1.90. The highest BCUT2D eigenvalue weighted by molar-refractivity contribution is 5.87. The van der Waals surface area contributed by atoms with Crippen molar-refractivity contribution < 1.29 is 19.4 Å². The van der Waals surface area contributed by atoms with Gasteiger partial charge in [0.25, 0.3) is 5.91 Å². The molecular weight excluding hydrogens is 272 g/mol.